The van der Waals surface area contributed by atoms with E-state index in [4.69, 9.17) is 4.74 Å². The van der Waals surface area contributed by atoms with Gasteiger partial charge in [0.2, 0.25) is 0 Å². The van der Waals surface area contributed by atoms with Crippen LogP contribution in [0.5, 0.6) is 5.75 Å². The van der Waals surface area contributed by atoms with Crippen LogP contribution in [0.2, 0.25) is 0 Å². The van der Waals surface area contributed by atoms with Crippen molar-refractivity contribution in [3.05, 3.63) is 75.3 Å². The first-order chi connectivity index (χ1) is 15.6. The third-order valence-electron chi connectivity index (χ3n) is 5.25. The lowest BCUT2D eigenvalue weighted by atomic mass is 9.95. The van der Waals surface area contributed by atoms with Crippen LogP contribution in [0, 0.1) is 10.1 Å². The third-order valence-corrected chi connectivity index (χ3v) is 5.25. The summed E-state index contributed by atoms with van der Waals surface area (Å²) >= 11 is 0. The lowest BCUT2D eigenvalue weighted by Crippen LogP contribution is -2.35. The maximum Gasteiger partial charge on any atom is 0.295 e. The van der Waals surface area contributed by atoms with E-state index in [1.807, 2.05) is 32.8 Å². The number of non-ortho nitro benzene ring substituents is 1. The minimum Gasteiger partial charge on any atom is -0.507 e. The van der Waals surface area contributed by atoms with E-state index < -0.39 is 22.7 Å². The van der Waals surface area contributed by atoms with Crippen molar-refractivity contribution in [2.24, 2.45) is 0 Å². The molecule has 9 nitrogen and oxygen atoms in total. The van der Waals surface area contributed by atoms with Gasteiger partial charge in [0.1, 0.15) is 11.5 Å². The SMILES string of the molecule is CC(C)Oc1ccc(C(O)=C2C(=O)C(=O)N(CCN(C)C)[C@H]2c2ccc([N+](=O)[O-])cc2)cc1. The normalized spacial score (nSPS) is 17.8. The minimum atomic E-state index is -0.864. The Morgan fingerprint density at radius 2 is 1.73 bits per heavy atom. The number of ketones is 1. The molecule has 1 heterocycles. The van der Waals surface area contributed by atoms with E-state index in [1.165, 1.54) is 29.2 Å². The molecule has 174 valence electrons. The summed E-state index contributed by atoms with van der Waals surface area (Å²) < 4.78 is 5.62. The average Bonchev–Trinajstić information content (AvgIpc) is 3.02. The molecule has 1 aliphatic rings. The Kier molecular flexibility index (Phi) is 7.13. The Morgan fingerprint density at radius 3 is 2.24 bits per heavy atom. The van der Waals surface area contributed by atoms with Gasteiger partial charge in [-0.25, -0.2) is 0 Å². The number of amides is 1. The summed E-state index contributed by atoms with van der Waals surface area (Å²) in [6.45, 7) is 4.54. The molecule has 0 aromatic heterocycles. The largest absolute Gasteiger partial charge is 0.507 e. The highest BCUT2D eigenvalue weighted by molar-refractivity contribution is 6.46. The molecule has 0 spiro atoms. The van der Waals surface area contributed by atoms with E-state index in [0.29, 0.717) is 23.4 Å². The van der Waals surface area contributed by atoms with E-state index >= 15 is 0 Å². The number of hydrogen-bond donors (Lipinski definition) is 1. The van der Waals surface area contributed by atoms with Gasteiger partial charge >= 0.3 is 0 Å². The lowest BCUT2D eigenvalue weighted by molar-refractivity contribution is -0.384. The number of Topliss-reactive ketones (excluding diaryl/α,β-unsaturated/α-hetero) is 1. The number of likely N-dealkylation sites (N-methyl/N-ethyl adjacent to an activating group) is 1. The monoisotopic (exact) mass is 453 g/mol. The zero-order valence-electron chi connectivity index (χ0n) is 19.0. The number of benzene rings is 2. The fourth-order valence-electron chi connectivity index (χ4n) is 3.66. The number of ether oxygens (including phenoxy) is 1. The van der Waals surface area contributed by atoms with Crippen molar-refractivity contribution in [3.63, 3.8) is 0 Å². The highest BCUT2D eigenvalue weighted by Crippen LogP contribution is 2.39. The van der Waals surface area contributed by atoms with Gasteiger partial charge in [-0.1, -0.05) is 0 Å². The maximum absolute atomic E-state index is 13.0. The highest BCUT2D eigenvalue weighted by Gasteiger charge is 2.46. The smallest absolute Gasteiger partial charge is 0.295 e. The van der Waals surface area contributed by atoms with E-state index in [9.17, 15) is 24.8 Å². The molecule has 0 aliphatic carbocycles. The number of nitro benzene ring substituents is 1. The van der Waals surface area contributed by atoms with Crippen molar-refractivity contribution in [2.45, 2.75) is 26.0 Å². The number of likely N-dealkylation sites (tertiary alicyclic amines) is 1. The second-order valence-corrected chi connectivity index (χ2v) is 8.34. The van der Waals surface area contributed by atoms with Gasteiger partial charge in [-0.3, -0.25) is 19.7 Å². The lowest BCUT2D eigenvalue weighted by Gasteiger charge is -2.26. The number of nitro groups is 1. The molecule has 0 radical (unpaired) electrons. The van der Waals surface area contributed by atoms with Gasteiger partial charge in [0.15, 0.2) is 0 Å². The van der Waals surface area contributed by atoms with Crippen molar-refractivity contribution in [1.82, 2.24) is 9.80 Å². The van der Waals surface area contributed by atoms with Gasteiger partial charge in [-0.2, -0.15) is 0 Å². The van der Waals surface area contributed by atoms with Crippen LogP contribution in [0.4, 0.5) is 5.69 Å². The molecule has 1 fully saturated rings. The van der Waals surface area contributed by atoms with Crippen LogP contribution < -0.4 is 4.74 Å². The molecule has 2 aromatic rings. The zero-order chi connectivity index (χ0) is 24.3. The standard InChI is InChI=1S/C24H27N3O6/c1-15(2)33-19-11-7-17(8-12-19)22(28)20-21(16-5-9-18(10-6-16)27(31)32)26(14-13-25(3)4)24(30)23(20)29/h5-12,15,21,28H,13-14H2,1-4H3/t21-/m0/s1. The van der Waals surface area contributed by atoms with Gasteiger partial charge in [-0.05, 0) is 69.9 Å². The van der Waals surface area contributed by atoms with Gasteiger partial charge in [-0.15, -0.1) is 0 Å². The molecule has 1 N–H and O–H groups in total. The average molecular weight is 453 g/mol. The molecule has 1 atom stereocenters. The quantitative estimate of drug-likeness (QED) is 0.214. The second kappa shape index (κ2) is 9.83. The summed E-state index contributed by atoms with van der Waals surface area (Å²) in [7, 11) is 3.69. The van der Waals surface area contributed by atoms with Crippen LogP contribution in [-0.4, -0.2) is 64.8 Å². The van der Waals surface area contributed by atoms with Crippen LogP contribution in [0.25, 0.3) is 5.76 Å². The maximum atomic E-state index is 13.0. The first-order valence-corrected chi connectivity index (χ1v) is 10.5. The van der Waals surface area contributed by atoms with Gasteiger partial charge in [0.25, 0.3) is 17.4 Å². The molecule has 0 saturated carbocycles. The predicted octanol–water partition coefficient (Wildman–Crippen LogP) is 3.37. The summed E-state index contributed by atoms with van der Waals surface area (Å²) in [5, 5.41) is 22.1. The van der Waals surface area contributed by atoms with Crippen molar-refractivity contribution in [1.29, 1.82) is 0 Å². The minimum absolute atomic E-state index is 0.0198. The molecule has 1 aliphatic heterocycles. The van der Waals surface area contributed by atoms with Crippen molar-refractivity contribution in [3.8, 4) is 5.75 Å². The number of aliphatic hydroxyl groups excluding tert-OH is 1. The van der Waals surface area contributed by atoms with E-state index in [0.717, 1.165) is 0 Å². The summed E-state index contributed by atoms with van der Waals surface area (Å²) in [6.07, 6.45) is -0.0198. The Labute approximate surface area is 192 Å². The molecule has 9 heteroatoms. The van der Waals surface area contributed by atoms with Gasteiger partial charge in [0.05, 0.1) is 22.6 Å². The fraction of sp³-hybridized carbons (Fsp3) is 0.333. The summed E-state index contributed by atoms with van der Waals surface area (Å²) in [5.41, 5.74) is 0.707. The Bertz CT molecular complexity index is 1070. The number of nitrogens with zero attached hydrogens (tertiary/aromatic N) is 3. The third kappa shape index (κ3) is 5.20. The molecule has 0 bridgehead atoms. The molecular formula is C24H27N3O6. The number of hydrogen-bond acceptors (Lipinski definition) is 7. The Morgan fingerprint density at radius 1 is 1.12 bits per heavy atom. The van der Waals surface area contributed by atoms with E-state index in [1.54, 1.807) is 24.3 Å². The summed E-state index contributed by atoms with van der Waals surface area (Å²) in [4.78, 5) is 39.7. The number of rotatable bonds is 8. The van der Waals surface area contributed by atoms with Gasteiger partial charge < -0.3 is 19.6 Å². The topological polar surface area (TPSA) is 113 Å². The molecule has 33 heavy (non-hydrogen) atoms. The van der Waals surface area contributed by atoms with Crippen LogP contribution in [-0.2, 0) is 9.59 Å². The summed E-state index contributed by atoms with van der Waals surface area (Å²) in [5.74, 6) is -1.21. The van der Waals surface area contributed by atoms with Crippen LogP contribution in [0.1, 0.15) is 31.0 Å². The van der Waals surface area contributed by atoms with Crippen LogP contribution in [0.3, 0.4) is 0 Å². The fourth-order valence-corrected chi connectivity index (χ4v) is 3.66. The second-order valence-electron chi connectivity index (χ2n) is 8.34. The number of carbonyl (C=O) groups is 2. The zero-order valence-corrected chi connectivity index (χ0v) is 19.0. The predicted molar refractivity (Wildman–Crippen MR) is 123 cm³/mol. The van der Waals surface area contributed by atoms with Crippen molar-refractivity contribution < 1.29 is 24.4 Å². The molecule has 1 saturated heterocycles. The molecule has 0 unspecified atom stereocenters. The number of carbonyl (C=O) groups excluding carboxylic acids is 2. The van der Waals surface area contributed by atoms with Crippen LogP contribution in [0.15, 0.2) is 54.1 Å². The van der Waals surface area contributed by atoms with Crippen LogP contribution >= 0.6 is 0 Å². The summed E-state index contributed by atoms with van der Waals surface area (Å²) in [6, 6.07) is 11.4. The first-order valence-electron chi connectivity index (χ1n) is 10.5. The van der Waals surface area contributed by atoms with Gasteiger partial charge in [0, 0.05) is 30.8 Å². The van der Waals surface area contributed by atoms with Crippen molar-refractivity contribution >= 4 is 23.1 Å². The molecule has 2 aromatic carbocycles. The Hall–Kier alpha value is -3.72. The number of aliphatic hydroxyl groups is 1. The van der Waals surface area contributed by atoms with Crippen molar-refractivity contribution in [2.75, 3.05) is 27.2 Å². The highest BCUT2D eigenvalue weighted by atomic mass is 16.6. The Balaban J connectivity index is 2.08. The molecule has 3 rings (SSSR count). The molecular weight excluding hydrogens is 426 g/mol. The first kappa shape index (κ1) is 23.9. The van der Waals surface area contributed by atoms with E-state index in [2.05, 4.69) is 0 Å². The molecule has 1 amide bonds. The van der Waals surface area contributed by atoms with E-state index in [-0.39, 0.29) is 29.7 Å².